The molecule has 1 aromatic heterocycles. The van der Waals surface area contributed by atoms with E-state index in [2.05, 4.69) is 10.4 Å². The summed E-state index contributed by atoms with van der Waals surface area (Å²) in [4.78, 5) is 25.4. The first-order valence-corrected chi connectivity index (χ1v) is 9.71. The first-order chi connectivity index (χ1) is 14.0. The number of benzene rings is 2. The number of amides is 1. The molecule has 1 aliphatic rings. The SMILES string of the molecule is Cc1cc(C)n(-c2ccc(C(=O)O[C@@H](C(=O)NC3CC3)c3ccccc3)cc2)n1. The minimum atomic E-state index is -0.972. The summed E-state index contributed by atoms with van der Waals surface area (Å²) < 4.78 is 7.43. The lowest BCUT2D eigenvalue weighted by atomic mass is 10.1. The molecular formula is C23H23N3O3. The molecule has 0 unspecified atom stereocenters. The van der Waals surface area contributed by atoms with Gasteiger partial charge in [0.2, 0.25) is 6.10 Å². The van der Waals surface area contributed by atoms with Crippen LogP contribution in [0.3, 0.4) is 0 Å². The normalized spacial score (nSPS) is 14.3. The lowest BCUT2D eigenvalue weighted by Gasteiger charge is -2.18. The number of aromatic nitrogens is 2. The van der Waals surface area contributed by atoms with Crippen LogP contribution in [0.5, 0.6) is 0 Å². The van der Waals surface area contributed by atoms with Gasteiger partial charge in [0.15, 0.2) is 0 Å². The molecule has 4 rings (SSSR count). The molecule has 1 saturated carbocycles. The molecule has 0 spiro atoms. The van der Waals surface area contributed by atoms with Gasteiger partial charge in [-0.25, -0.2) is 9.48 Å². The van der Waals surface area contributed by atoms with Crippen molar-refractivity contribution in [3.8, 4) is 5.69 Å². The van der Waals surface area contributed by atoms with E-state index in [1.54, 1.807) is 24.3 Å². The first-order valence-electron chi connectivity index (χ1n) is 9.71. The van der Waals surface area contributed by atoms with Crippen LogP contribution in [0.4, 0.5) is 0 Å². The van der Waals surface area contributed by atoms with Crippen molar-refractivity contribution >= 4 is 11.9 Å². The summed E-state index contributed by atoms with van der Waals surface area (Å²) in [6.07, 6.45) is 0.962. The summed E-state index contributed by atoms with van der Waals surface area (Å²) >= 11 is 0. The van der Waals surface area contributed by atoms with Crippen molar-refractivity contribution < 1.29 is 14.3 Å². The Morgan fingerprint density at radius 2 is 1.76 bits per heavy atom. The fourth-order valence-electron chi connectivity index (χ4n) is 3.21. The maximum absolute atomic E-state index is 12.7. The van der Waals surface area contributed by atoms with Gasteiger partial charge in [-0.1, -0.05) is 30.3 Å². The quantitative estimate of drug-likeness (QED) is 0.653. The van der Waals surface area contributed by atoms with E-state index < -0.39 is 12.1 Å². The number of rotatable bonds is 6. The van der Waals surface area contributed by atoms with Crippen LogP contribution in [0.1, 0.15) is 46.3 Å². The molecule has 1 amide bonds. The molecular weight excluding hydrogens is 366 g/mol. The average molecular weight is 389 g/mol. The van der Waals surface area contributed by atoms with Gasteiger partial charge >= 0.3 is 5.97 Å². The smallest absolute Gasteiger partial charge is 0.339 e. The molecule has 148 valence electrons. The van der Waals surface area contributed by atoms with E-state index in [0.717, 1.165) is 29.9 Å². The molecule has 6 heteroatoms. The molecule has 0 radical (unpaired) electrons. The molecule has 0 aliphatic heterocycles. The van der Waals surface area contributed by atoms with Crippen LogP contribution < -0.4 is 5.32 Å². The van der Waals surface area contributed by atoms with Gasteiger partial charge in [0.05, 0.1) is 16.9 Å². The average Bonchev–Trinajstić information content (AvgIpc) is 3.48. The number of aryl methyl sites for hydroxylation is 2. The second-order valence-corrected chi connectivity index (χ2v) is 7.36. The number of ether oxygens (including phenoxy) is 1. The summed E-state index contributed by atoms with van der Waals surface area (Å²) in [6.45, 7) is 3.91. The number of carbonyl (C=O) groups is 2. The van der Waals surface area contributed by atoms with Crippen molar-refractivity contribution in [2.45, 2.75) is 38.8 Å². The Morgan fingerprint density at radius 3 is 2.34 bits per heavy atom. The van der Waals surface area contributed by atoms with E-state index in [1.807, 2.05) is 54.9 Å². The van der Waals surface area contributed by atoms with Gasteiger partial charge in [-0.15, -0.1) is 0 Å². The summed E-state index contributed by atoms with van der Waals surface area (Å²) in [5.74, 6) is -0.823. The maximum atomic E-state index is 12.7. The molecule has 29 heavy (non-hydrogen) atoms. The number of hydrogen-bond acceptors (Lipinski definition) is 4. The highest BCUT2D eigenvalue weighted by molar-refractivity contribution is 5.93. The second-order valence-electron chi connectivity index (χ2n) is 7.36. The van der Waals surface area contributed by atoms with Crippen LogP contribution in [-0.4, -0.2) is 27.7 Å². The van der Waals surface area contributed by atoms with Gasteiger partial charge < -0.3 is 10.1 Å². The molecule has 1 N–H and O–H groups in total. The molecule has 1 heterocycles. The second kappa shape index (κ2) is 7.91. The van der Waals surface area contributed by atoms with Gasteiger partial charge in [0, 0.05) is 17.3 Å². The van der Waals surface area contributed by atoms with E-state index in [1.165, 1.54) is 0 Å². The van der Waals surface area contributed by atoms with Crippen LogP contribution in [0.15, 0.2) is 60.7 Å². The molecule has 0 saturated heterocycles. The first kappa shape index (κ1) is 18.9. The fourth-order valence-corrected chi connectivity index (χ4v) is 3.21. The van der Waals surface area contributed by atoms with Gasteiger partial charge in [-0.2, -0.15) is 5.10 Å². The van der Waals surface area contributed by atoms with Crippen LogP contribution in [0, 0.1) is 13.8 Å². The topological polar surface area (TPSA) is 73.2 Å². The van der Waals surface area contributed by atoms with Gasteiger partial charge in [-0.3, -0.25) is 4.79 Å². The summed E-state index contributed by atoms with van der Waals surface area (Å²) in [7, 11) is 0. The Hall–Kier alpha value is -3.41. The highest BCUT2D eigenvalue weighted by atomic mass is 16.5. The zero-order chi connectivity index (χ0) is 20.4. The Labute approximate surface area is 169 Å². The predicted molar refractivity (Wildman–Crippen MR) is 109 cm³/mol. The van der Waals surface area contributed by atoms with E-state index >= 15 is 0 Å². The third kappa shape index (κ3) is 4.37. The van der Waals surface area contributed by atoms with Crippen molar-refractivity contribution in [1.82, 2.24) is 15.1 Å². The lowest BCUT2D eigenvalue weighted by Crippen LogP contribution is -2.33. The molecule has 1 aliphatic carbocycles. The fraction of sp³-hybridized carbons (Fsp3) is 0.261. The zero-order valence-corrected chi connectivity index (χ0v) is 16.5. The molecule has 0 bridgehead atoms. The van der Waals surface area contributed by atoms with Crippen molar-refractivity contribution in [2.24, 2.45) is 0 Å². The predicted octanol–water partition coefficient (Wildman–Crippen LogP) is 3.67. The number of nitrogens with zero attached hydrogens (tertiary/aromatic N) is 2. The number of hydrogen-bond donors (Lipinski definition) is 1. The van der Waals surface area contributed by atoms with E-state index in [-0.39, 0.29) is 11.9 Å². The van der Waals surface area contributed by atoms with Gasteiger partial charge in [-0.05, 0) is 57.0 Å². The summed E-state index contributed by atoms with van der Waals surface area (Å²) in [5, 5.41) is 7.37. The highest BCUT2D eigenvalue weighted by Gasteiger charge is 2.31. The van der Waals surface area contributed by atoms with Crippen LogP contribution >= 0.6 is 0 Å². The van der Waals surface area contributed by atoms with E-state index in [4.69, 9.17) is 4.74 Å². The largest absolute Gasteiger partial charge is 0.444 e. The number of nitrogens with one attached hydrogen (secondary N) is 1. The third-order valence-electron chi connectivity index (χ3n) is 4.85. The Bertz CT molecular complexity index is 1020. The third-order valence-corrected chi connectivity index (χ3v) is 4.85. The maximum Gasteiger partial charge on any atom is 0.339 e. The summed E-state index contributed by atoms with van der Waals surface area (Å²) in [5.41, 5.74) is 3.84. The van der Waals surface area contributed by atoms with Crippen molar-refractivity contribution in [3.63, 3.8) is 0 Å². The number of esters is 1. The zero-order valence-electron chi connectivity index (χ0n) is 16.5. The number of carbonyl (C=O) groups excluding carboxylic acids is 2. The van der Waals surface area contributed by atoms with E-state index in [9.17, 15) is 9.59 Å². The van der Waals surface area contributed by atoms with E-state index in [0.29, 0.717) is 11.1 Å². The van der Waals surface area contributed by atoms with Crippen LogP contribution in [0.25, 0.3) is 5.69 Å². The van der Waals surface area contributed by atoms with Crippen molar-refractivity contribution in [3.05, 3.63) is 83.2 Å². The molecule has 1 atom stereocenters. The van der Waals surface area contributed by atoms with Crippen LogP contribution in [0.2, 0.25) is 0 Å². The highest BCUT2D eigenvalue weighted by Crippen LogP contribution is 2.24. The standard InChI is InChI=1S/C23H23N3O3/c1-15-14-16(2)26(25-15)20-12-8-18(9-13-20)23(28)29-21(17-6-4-3-5-7-17)22(27)24-19-10-11-19/h3-9,12-14,19,21H,10-11H2,1-2H3,(H,24,27)/t21-/m1/s1. The summed E-state index contributed by atoms with van der Waals surface area (Å²) in [6, 6.07) is 18.3. The molecule has 3 aromatic rings. The Kier molecular flexibility index (Phi) is 5.16. The molecule has 2 aromatic carbocycles. The monoisotopic (exact) mass is 389 g/mol. The Morgan fingerprint density at radius 1 is 1.07 bits per heavy atom. The van der Waals surface area contributed by atoms with Crippen LogP contribution in [-0.2, 0) is 9.53 Å². The van der Waals surface area contributed by atoms with Crippen molar-refractivity contribution in [1.29, 1.82) is 0 Å². The minimum absolute atomic E-state index is 0.187. The Balaban J connectivity index is 1.52. The van der Waals surface area contributed by atoms with Crippen molar-refractivity contribution in [2.75, 3.05) is 0 Å². The van der Waals surface area contributed by atoms with Gasteiger partial charge in [0.1, 0.15) is 0 Å². The van der Waals surface area contributed by atoms with Gasteiger partial charge in [0.25, 0.3) is 5.91 Å². The molecule has 6 nitrogen and oxygen atoms in total. The molecule has 1 fully saturated rings. The minimum Gasteiger partial charge on any atom is -0.444 e. The lowest BCUT2D eigenvalue weighted by molar-refractivity contribution is -0.130.